The first kappa shape index (κ1) is 19.5. The molecule has 1 amide bonds. The molecule has 164 valence electrons. The monoisotopic (exact) mass is 418 g/mol. The summed E-state index contributed by atoms with van der Waals surface area (Å²) in [6.07, 6.45) is 12.1. The van der Waals surface area contributed by atoms with Crippen molar-refractivity contribution in [2.75, 3.05) is 5.32 Å². The molecule has 2 heterocycles. The summed E-state index contributed by atoms with van der Waals surface area (Å²) in [5, 5.41) is 14.6. The molecule has 0 saturated heterocycles. The minimum Gasteiger partial charge on any atom is -0.310 e. The highest BCUT2D eigenvalue weighted by molar-refractivity contribution is 5.94. The first-order valence-corrected chi connectivity index (χ1v) is 12.4. The third-order valence-corrected chi connectivity index (χ3v) is 8.23. The van der Waals surface area contributed by atoms with E-state index in [1.165, 1.54) is 80.2 Å². The summed E-state index contributed by atoms with van der Waals surface area (Å²) in [7, 11) is 0. The lowest BCUT2D eigenvalue weighted by Crippen LogP contribution is -2.30. The number of carbonyl (C=O) groups is 1. The molecule has 5 heteroatoms. The number of nitrogens with zero attached hydrogens (tertiary/aromatic N) is 1. The van der Waals surface area contributed by atoms with Crippen molar-refractivity contribution in [3.8, 4) is 0 Å². The first-order chi connectivity index (χ1) is 15.2. The van der Waals surface area contributed by atoms with Gasteiger partial charge in [-0.1, -0.05) is 43.5 Å². The molecule has 5 nitrogen and oxygen atoms in total. The Hall–Kier alpha value is -2.14. The van der Waals surface area contributed by atoms with Crippen LogP contribution in [0.25, 0.3) is 0 Å². The molecule has 6 rings (SSSR count). The fraction of sp³-hybridized carbons (Fsp3) is 0.615. The number of hydrogen-bond acceptors (Lipinski definition) is 3. The lowest BCUT2D eigenvalue weighted by molar-refractivity contribution is -0.117. The smallest absolute Gasteiger partial charge is 0.226 e. The predicted octanol–water partition coefficient (Wildman–Crippen LogP) is 5.33. The van der Waals surface area contributed by atoms with E-state index in [1.54, 1.807) is 0 Å². The summed E-state index contributed by atoms with van der Waals surface area (Å²) in [5.74, 6) is 3.13. The van der Waals surface area contributed by atoms with E-state index in [0.29, 0.717) is 30.1 Å². The molecule has 3 N–H and O–H groups in total. The third-order valence-electron chi connectivity index (χ3n) is 8.23. The number of fused-ring (bicyclic) bond motifs is 1. The Balaban J connectivity index is 1.17. The second kappa shape index (κ2) is 8.09. The molecule has 0 radical (unpaired) electrons. The normalized spacial score (nSPS) is 28.6. The standard InChI is InChI=1S/C26H34N4O/c31-23-14-22(17-6-2-1-3-7-17)24-25(29-30-26(24)28-23)20-12-19(13-20)18-8-4-5-16(11-18)15-27-21-9-10-21/h4-5,8,11,17,19-22,27H,1-3,6-7,9-10,12-15H2,(H2,28,29,30,31). The predicted molar refractivity (Wildman–Crippen MR) is 122 cm³/mol. The molecule has 1 aromatic carbocycles. The zero-order chi connectivity index (χ0) is 20.8. The van der Waals surface area contributed by atoms with E-state index in [0.717, 1.165) is 18.4 Å². The Morgan fingerprint density at radius 1 is 1.03 bits per heavy atom. The van der Waals surface area contributed by atoms with Gasteiger partial charge in [0.15, 0.2) is 5.82 Å². The molecule has 3 saturated carbocycles. The Morgan fingerprint density at radius 2 is 1.87 bits per heavy atom. The second-order valence-corrected chi connectivity index (χ2v) is 10.4. The number of carbonyl (C=O) groups excluding carboxylic acids is 1. The molecule has 0 bridgehead atoms. The molecule has 1 aliphatic heterocycles. The van der Waals surface area contributed by atoms with Gasteiger partial charge in [-0.3, -0.25) is 9.89 Å². The van der Waals surface area contributed by atoms with Crippen molar-refractivity contribution in [3.05, 3.63) is 46.6 Å². The van der Waals surface area contributed by atoms with Crippen molar-refractivity contribution in [2.24, 2.45) is 5.92 Å². The Kier molecular flexibility index (Phi) is 5.10. The van der Waals surface area contributed by atoms with Crippen LogP contribution in [0.3, 0.4) is 0 Å². The van der Waals surface area contributed by atoms with E-state index < -0.39 is 0 Å². The average molecular weight is 419 g/mol. The van der Waals surface area contributed by atoms with E-state index in [2.05, 4.69) is 45.1 Å². The van der Waals surface area contributed by atoms with Gasteiger partial charge in [0.25, 0.3) is 0 Å². The minimum atomic E-state index is 0.143. The van der Waals surface area contributed by atoms with Crippen molar-refractivity contribution in [3.63, 3.8) is 0 Å². The fourth-order valence-electron chi connectivity index (χ4n) is 6.20. The maximum absolute atomic E-state index is 12.3. The van der Waals surface area contributed by atoms with Gasteiger partial charge in [-0.05, 0) is 61.5 Å². The molecule has 0 spiro atoms. The molecule has 1 aromatic heterocycles. The van der Waals surface area contributed by atoms with Crippen LogP contribution in [0.15, 0.2) is 24.3 Å². The van der Waals surface area contributed by atoms with Crippen LogP contribution >= 0.6 is 0 Å². The summed E-state index contributed by atoms with van der Waals surface area (Å²) in [6.45, 7) is 0.992. The number of benzene rings is 1. The van der Waals surface area contributed by atoms with Gasteiger partial charge in [-0.25, -0.2) is 0 Å². The Labute approximate surface area is 184 Å². The van der Waals surface area contributed by atoms with Gasteiger partial charge >= 0.3 is 0 Å². The number of nitrogens with one attached hydrogen (secondary N) is 3. The lowest BCUT2D eigenvalue weighted by atomic mass is 9.66. The van der Waals surface area contributed by atoms with Gasteiger partial charge in [0.2, 0.25) is 5.91 Å². The van der Waals surface area contributed by atoms with E-state index in [4.69, 9.17) is 0 Å². The molecule has 4 aliphatic rings. The molecule has 31 heavy (non-hydrogen) atoms. The Morgan fingerprint density at radius 3 is 2.68 bits per heavy atom. The lowest BCUT2D eigenvalue weighted by Gasteiger charge is -2.38. The van der Waals surface area contributed by atoms with E-state index in [-0.39, 0.29) is 5.91 Å². The van der Waals surface area contributed by atoms with Gasteiger partial charge in [-0.15, -0.1) is 0 Å². The van der Waals surface area contributed by atoms with Crippen molar-refractivity contribution in [1.29, 1.82) is 0 Å². The highest BCUT2D eigenvalue weighted by Crippen LogP contribution is 2.52. The highest BCUT2D eigenvalue weighted by Gasteiger charge is 2.41. The van der Waals surface area contributed by atoms with Crippen LogP contribution in [0.5, 0.6) is 0 Å². The molecule has 3 fully saturated rings. The van der Waals surface area contributed by atoms with Gasteiger partial charge in [0.05, 0.1) is 0 Å². The van der Waals surface area contributed by atoms with Crippen LogP contribution in [0.1, 0.15) is 104 Å². The molecular weight excluding hydrogens is 384 g/mol. The average Bonchev–Trinajstić information content (AvgIpc) is 3.51. The van der Waals surface area contributed by atoms with Crippen molar-refractivity contribution in [2.45, 2.75) is 94.5 Å². The summed E-state index contributed by atoms with van der Waals surface area (Å²) in [6, 6.07) is 9.93. The highest BCUT2D eigenvalue weighted by atomic mass is 16.1. The molecule has 1 atom stereocenters. The SMILES string of the molecule is O=C1CC(C2CCCCC2)c2c(n[nH]c2C2CC(c3cccc(CNC4CC4)c3)C2)N1. The summed E-state index contributed by atoms with van der Waals surface area (Å²) in [5.41, 5.74) is 5.55. The van der Waals surface area contributed by atoms with Crippen LogP contribution in [-0.2, 0) is 11.3 Å². The fourth-order valence-corrected chi connectivity index (χ4v) is 6.20. The van der Waals surface area contributed by atoms with Gasteiger partial charge in [-0.2, -0.15) is 5.10 Å². The quantitative estimate of drug-likeness (QED) is 0.594. The minimum absolute atomic E-state index is 0.143. The number of H-pyrrole nitrogens is 1. The second-order valence-electron chi connectivity index (χ2n) is 10.4. The van der Waals surface area contributed by atoms with E-state index in [1.807, 2.05) is 0 Å². The maximum Gasteiger partial charge on any atom is 0.226 e. The summed E-state index contributed by atoms with van der Waals surface area (Å²) < 4.78 is 0. The van der Waals surface area contributed by atoms with Gasteiger partial charge < -0.3 is 10.6 Å². The number of rotatable bonds is 6. The zero-order valence-corrected chi connectivity index (χ0v) is 18.3. The zero-order valence-electron chi connectivity index (χ0n) is 18.3. The van der Waals surface area contributed by atoms with E-state index >= 15 is 0 Å². The number of hydrogen-bond donors (Lipinski definition) is 3. The molecule has 2 aromatic rings. The summed E-state index contributed by atoms with van der Waals surface area (Å²) in [4.78, 5) is 12.3. The topological polar surface area (TPSA) is 69.8 Å². The van der Waals surface area contributed by atoms with Crippen LogP contribution in [-0.4, -0.2) is 22.1 Å². The largest absolute Gasteiger partial charge is 0.310 e. The maximum atomic E-state index is 12.3. The molecular formula is C26H34N4O. The molecule has 1 unspecified atom stereocenters. The van der Waals surface area contributed by atoms with Crippen LogP contribution in [0.4, 0.5) is 5.82 Å². The third kappa shape index (κ3) is 3.93. The van der Waals surface area contributed by atoms with Gasteiger partial charge in [0.1, 0.15) is 0 Å². The first-order valence-electron chi connectivity index (χ1n) is 12.4. The van der Waals surface area contributed by atoms with Crippen molar-refractivity contribution < 1.29 is 4.79 Å². The van der Waals surface area contributed by atoms with E-state index in [9.17, 15) is 4.79 Å². The summed E-state index contributed by atoms with van der Waals surface area (Å²) >= 11 is 0. The van der Waals surface area contributed by atoms with Gasteiger partial charge in [0, 0.05) is 42.1 Å². The number of aromatic nitrogens is 2. The molecule has 3 aliphatic carbocycles. The Bertz CT molecular complexity index is 950. The van der Waals surface area contributed by atoms with Crippen LogP contribution in [0, 0.1) is 5.92 Å². The number of aromatic amines is 1. The number of anilines is 1. The van der Waals surface area contributed by atoms with Crippen LogP contribution < -0.4 is 10.6 Å². The van der Waals surface area contributed by atoms with Crippen molar-refractivity contribution in [1.82, 2.24) is 15.5 Å². The van der Waals surface area contributed by atoms with Crippen LogP contribution in [0.2, 0.25) is 0 Å². The number of amides is 1. The van der Waals surface area contributed by atoms with Crippen molar-refractivity contribution >= 4 is 11.7 Å².